The highest BCUT2D eigenvalue weighted by atomic mass is 16.5. The Kier molecular flexibility index (Phi) is 7.52. The van der Waals surface area contributed by atoms with Gasteiger partial charge in [-0.1, -0.05) is 0 Å². The van der Waals surface area contributed by atoms with E-state index in [9.17, 15) is 14.4 Å². The Morgan fingerprint density at radius 1 is 1.20 bits per heavy atom. The normalized spacial score (nSPS) is 14.2. The van der Waals surface area contributed by atoms with Crippen LogP contribution in [0.1, 0.15) is 12.8 Å². The summed E-state index contributed by atoms with van der Waals surface area (Å²) in [7, 11) is 1.88. The molecule has 2 N–H and O–H groups in total. The predicted molar refractivity (Wildman–Crippen MR) is 72.8 cm³/mol. The number of carbonyl (C=O) groups excluding carboxylic acids is 3. The average molecular weight is 283 g/mol. The van der Waals surface area contributed by atoms with Crippen LogP contribution in [0.15, 0.2) is 12.2 Å². The van der Waals surface area contributed by atoms with Gasteiger partial charge in [-0.15, -0.1) is 0 Å². The SMILES string of the molecule is CNCCCOCCNC(=O)CCN1C(=O)C=CC1=O. The number of hydrogen-bond acceptors (Lipinski definition) is 5. The van der Waals surface area contributed by atoms with Gasteiger partial charge in [0.25, 0.3) is 11.8 Å². The summed E-state index contributed by atoms with van der Waals surface area (Å²) in [4.78, 5) is 35.0. The van der Waals surface area contributed by atoms with E-state index in [1.54, 1.807) is 0 Å². The largest absolute Gasteiger partial charge is 0.380 e. The third-order valence-corrected chi connectivity index (χ3v) is 2.75. The standard InChI is InChI=1S/C13H21N3O4/c1-14-6-2-9-20-10-7-15-11(17)5-8-16-12(18)3-4-13(16)19/h3-4,14H,2,5-10H2,1H3,(H,15,17). The summed E-state index contributed by atoms with van der Waals surface area (Å²) in [6.07, 6.45) is 3.45. The average Bonchev–Trinajstić information content (AvgIpc) is 2.75. The number of imide groups is 1. The highest BCUT2D eigenvalue weighted by molar-refractivity contribution is 6.13. The molecule has 7 heteroatoms. The van der Waals surface area contributed by atoms with E-state index >= 15 is 0 Å². The molecule has 0 fully saturated rings. The fourth-order valence-electron chi connectivity index (χ4n) is 1.67. The predicted octanol–water partition coefficient (Wildman–Crippen LogP) is -0.956. The summed E-state index contributed by atoms with van der Waals surface area (Å²) in [6, 6.07) is 0. The molecular formula is C13H21N3O4. The molecular weight excluding hydrogens is 262 g/mol. The van der Waals surface area contributed by atoms with E-state index in [1.165, 1.54) is 12.2 Å². The molecule has 1 aliphatic heterocycles. The van der Waals surface area contributed by atoms with Crippen molar-refractivity contribution in [3.8, 4) is 0 Å². The molecule has 1 rings (SSSR count). The first-order chi connectivity index (χ1) is 9.65. The molecule has 1 aliphatic rings. The molecule has 20 heavy (non-hydrogen) atoms. The fourth-order valence-corrected chi connectivity index (χ4v) is 1.67. The molecule has 0 saturated heterocycles. The lowest BCUT2D eigenvalue weighted by Crippen LogP contribution is -2.35. The van der Waals surface area contributed by atoms with Crippen LogP contribution in [-0.2, 0) is 19.1 Å². The summed E-state index contributed by atoms with van der Waals surface area (Å²) in [5, 5.41) is 5.69. The zero-order valence-corrected chi connectivity index (χ0v) is 11.7. The zero-order chi connectivity index (χ0) is 14.8. The van der Waals surface area contributed by atoms with E-state index in [-0.39, 0.29) is 30.7 Å². The topological polar surface area (TPSA) is 87.7 Å². The van der Waals surface area contributed by atoms with Gasteiger partial charge >= 0.3 is 0 Å². The number of ether oxygens (including phenoxy) is 1. The Bertz CT molecular complexity index is 364. The maximum atomic E-state index is 11.5. The van der Waals surface area contributed by atoms with Gasteiger partial charge in [0.05, 0.1) is 6.61 Å². The van der Waals surface area contributed by atoms with Gasteiger partial charge < -0.3 is 15.4 Å². The lowest BCUT2D eigenvalue weighted by Gasteiger charge is -2.13. The molecule has 0 radical (unpaired) electrons. The number of amides is 3. The lowest BCUT2D eigenvalue weighted by atomic mass is 10.3. The van der Waals surface area contributed by atoms with Crippen LogP contribution >= 0.6 is 0 Å². The van der Waals surface area contributed by atoms with Crippen LogP contribution in [0.4, 0.5) is 0 Å². The van der Waals surface area contributed by atoms with Crippen molar-refractivity contribution in [1.29, 1.82) is 0 Å². The van der Waals surface area contributed by atoms with Crippen molar-refractivity contribution in [2.24, 2.45) is 0 Å². The Labute approximate surface area is 118 Å². The maximum Gasteiger partial charge on any atom is 0.253 e. The van der Waals surface area contributed by atoms with Crippen LogP contribution in [0, 0.1) is 0 Å². The number of hydrogen-bond donors (Lipinski definition) is 2. The summed E-state index contributed by atoms with van der Waals surface area (Å²) in [5.74, 6) is -0.928. The number of carbonyl (C=O) groups is 3. The highest BCUT2D eigenvalue weighted by Gasteiger charge is 2.23. The van der Waals surface area contributed by atoms with Gasteiger partial charge in [0, 0.05) is 38.3 Å². The van der Waals surface area contributed by atoms with E-state index in [4.69, 9.17) is 4.74 Å². The van der Waals surface area contributed by atoms with Crippen molar-refractivity contribution in [2.45, 2.75) is 12.8 Å². The summed E-state index contributed by atoms with van der Waals surface area (Å²) >= 11 is 0. The van der Waals surface area contributed by atoms with E-state index in [1.807, 2.05) is 7.05 Å². The molecule has 0 aromatic rings. The summed E-state index contributed by atoms with van der Waals surface area (Å²) in [5.41, 5.74) is 0. The Morgan fingerprint density at radius 3 is 2.55 bits per heavy atom. The molecule has 0 unspecified atom stereocenters. The third kappa shape index (κ3) is 5.94. The molecule has 7 nitrogen and oxygen atoms in total. The van der Waals surface area contributed by atoms with Crippen LogP contribution in [0.2, 0.25) is 0 Å². The minimum Gasteiger partial charge on any atom is -0.380 e. The van der Waals surface area contributed by atoms with Gasteiger partial charge in [-0.05, 0) is 20.0 Å². The highest BCUT2D eigenvalue weighted by Crippen LogP contribution is 2.03. The zero-order valence-electron chi connectivity index (χ0n) is 11.7. The molecule has 0 aliphatic carbocycles. The number of nitrogens with one attached hydrogen (secondary N) is 2. The van der Waals surface area contributed by atoms with Gasteiger partial charge in [-0.2, -0.15) is 0 Å². The molecule has 0 spiro atoms. The molecule has 112 valence electrons. The second-order valence-electron chi connectivity index (χ2n) is 4.33. The van der Waals surface area contributed by atoms with Crippen LogP contribution in [0.25, 0.3) is 0 Å². The van der Waals surface area contributed by atoms with Gasteiger partial charge in [-0.3, -0.25) is 19.3 Å². The number of nitrogens with zero attached hydrogens (tertiary/aromatic N) is 1. The van der Waals surface area contributed by atoms with Gasteiger partial charge in [0.2, 0.25) is 5.91 Å². The van der Waals surface area contributed by atoms with Gasteiger partial charge in [-0.25, -0.2) is 0 Å². The van der Waals surface area contributed by atoms with Gasteiger partial charge in [0.15, 0.2) is 0 Å². The monoisotopic (exact) mass is 283 g/mol. The molecule has 0 bridgehead atoms. The molecule has 0 saturated carbocycles. The first-order valence-corrected chi connectivity index (χ1v) is 6.67. The third-order valence-electron chi connectivity index (χ3n) is 2.75. The smallest absolute Gasteiger partial charge is 0.253 e. The van der Waals surface area contributed by atoms with Crippen molar-refractivity contribution in [1.82, 2.24) is 15.5 Å². The second kappa shape index (κ2) is 9.22. The second-order valence-corrected chi connectivity index (χ2v) is 4.33. The van der Waals surface area contributed by atoms with Crippen molar-refractivity contribution >= 4 is 17.7 Å². The van der Waals surface area contributed by atoms with Crippen LogP contribution in [0.5, 0.6) is 0 Å². The molecule has 3 amide bonds. The van der Waals surface area contributed by atoms with Gasteiger partial charge in [0.1, 0.15) is 0 Å². The molecule has 0 aromatic carbocycles. The Hall–Kier alpha value is -1.73. The summed E-state index contributed by atoms with van der Waals surface area (Å²) in [6.45, 7) is 2.55. The van der Waals surface area contributed by atoms with E-state index < -0.39 is 0 Å². The molecule has 1 heterocycles. The number of rotatable bonds is 10. The van der Waals surface area contributed by atoms with E-state index in [0.29, 0.717) is 19.8 Å². The Balaban J connectivity index is 2.01. The lowest BCUT2D eigenvalue weighted by molar-refractivity contribution is -0.137. The first kappa shape index (κ1) is 16.3. The van der Waals surface area contributed by atoms with E-state index in [0.717, 1.165) is 17.9 Å². The fraction of sp³-hybridized carbons (Fsp3) is 0.615. The summed E-state index contributed by atoms with van der Waals surface area (Å²) < 4.78 is 5.31. The Morgan fingerprint density at radius 2 is 1.90 bits per heavy atom. The van der Waals surface area contributed by atoms with Crippen molar-refractivity contribution in [3.63, 3.8) is 0 Å². The quantitative estimate of drug-likeness (QED) is 0.398. The van der Waals surface area contributed by atoms with Crippen molar-refractivity contribution in [2.75, 3.05) is 39.9 Å². The van der Waals surface area contributed by atoms with Crippen molar-refractivity contribution in [3.05, 3.63) is 12.2 Å². The maximum absolute atomic E-state index is 11.5. The van der Waals surface area contributed by atoms with Crippen LogP contribution < -0.4 is 10.6 Å². The molecule has 0 atom stereocenters. The van der Waals surface area contributed by atoms with Crippen molar-refractivity contribution < 1.29 is 19.1 Å². The van der Waals surface area contributed by atoms with E-state index in [2.05, 4.69) is 10.6 Å². The van der Waals surface area contributed by atoms with Crippen LogP contribution in [-0.4, -0.2) is 62.5 Å². The first-order valence-electron chi connectivity index (χ1n) is 6.67. The van der Waals surface area contributed by atoms with Crippen LogP contribution in [0.3, 0.4) is 0 Å². The minimum atomic E-state index is -0.365. The minimum absolute atomic E-state index is 0.110. The molecule has 0 aromatic heterocycles.